The Kier molecular flexibility index (Phi) is 10.2. The van der Waals surface area contributed by atoms with Crippen molar-refractivity contribution in [1.29, 1.82) is 0 Å². The fourth-order valence-corrected chi connectivity index (χ4v) is 3.31. The van der Waals surface area contributed by atoms with Crippen LogP contribution in [0.15, 0.2) is 58.4 Å². The van der Waals surface area contributed by atoms with Gasteiger partial charge in [-0.3, -0.25) is 4.99 Å². The summed E-state index contributed by atoms with van der Waals surface area (Å²) in [4.78, 5) is 4.14. The molecular weight excluding hydrogens is 544 g/mol. The summed E-state index contributed by atoms with van der Waals surface area (Å²) in [6.07, 6.45) is -3.74. The van der Waals surface area contributed by atoms with Gasteiger partial charge in [-0.05, 0) is 41.7 Å². The summed E-state index contributed by atoms with van der Waals surface area (Å²) in [6, 6.07) is 11.5. The van der Waals surface area contributed by atoms with Gasteiger partial charge in [0, 0.05) is 20.1 Å². The molecule has 2 aromatic carbocycles. The average molecular weight is 570 g/mol. The Morgan fingerprint density at radius 1 is 1.13 bits per heavy atom. The number of hydrogen-bond donors (Lipinski definition) is 3. The standard InChI is InChI=1S/C20H25F3N4O2S.HI/c1-14(16-4-3-5-17(12-16)20(21,22)23)10-11-26-19(25-2)27-13-15-6-8-18(9-7-15)30(24,28)29;/h3-9,12,14H,10-11,13H2,1-2H3,(H2,24,28,29)(H2,25,26,27);1H. The van der Waals surface area contributed by atoms with Gasteiger partial charge >= 0.3 is 6.18 Å². The number of primary sulfonamides is 1. The van der Waals surface area contributed by atoms with Gasteiger partial charge in [-0.1, -0.05) is 37.3 Å². The molecule has 0 bridgehead atoms. The Morgan fingerprint density at radius 3 is 2.32 bits per heavy atom. The van der Waals surface area contributed by atoms with Crippen LogP contribution in [-0.4, -0.2) is 28.0 Å². The minimum Gasteiger partial charge on any atom is -0.356 e. The van der Waals surface area contributed by atoms with Crippen molar-refractivity contribution in [1.82, 2.24) is 10.6 Å². The summed E-state index contributed by atoms with van der Waals surface area (Å²) in [6.45, 7) is 2.80. The number of aliphatic imine (C=N–C) groups is 1. The maximum atomic E-state index is 12.9. The lowest BCUT2D eigenvalue weighted by molar-refractivity contribution is -0.137. The lowest BCUT2D eigenvalue weighted by Crippen LogP contribution is -2.37. The maximum Gasteiger partial charge on any atom is 0.416 e. The Balaban J connectivity index is 0.00000480. The molecule has 0 radical (unpaired) electrons. The van der Waals surface area contributed by atoms with E-state index < -0.39 is 21.8 Å². The van der Waals surface area contributed by atoms with Gasteiger partial charge in [0.05, 0.1) is 10.5 Å². The van der Waals surface area contributed by atoms with E-state index in [1.54, 1.807) is 25.2 Å². The van der Waals surface area contributed by atoms with E-state index in [0.29, 0.717) is 31.0 Å². The van der Waals surface area contributed by atoms with E-state index in [1.165, 1.54) is 24.3 Å². The molecule has 0 spiro atoms. The minimum atomic E-state index is -4.35. The Labute approximate surface area is 197 Å². The molecule has 1 atom stereocenters. The second-order valence-corrected chi connectivity index (χ2v) is 8.42. The zero-order valence-corrected chi connectivity index (χ0v) is 20.3. The molecular formula is C20H26F3IN4O2S. The van der Waals surface area contributed by atoms with Crippen molar-refractivity contribution in [3.63, 3.8) is 0 Å². The topological polar surface area (TPSA) is 96.6 Å². The number of halogens is 4. The van der Waals surface area contributed by atoms with Gasteiger partial charge in [0.1, 0.15) is 0 Å². The van der Waals surface area contributed by atoms with E-state index in [1.807, 2.05) is 6.92 Å². The van der Waals surface area contributed by atoms with Crippen molar-refractivity contribution in [2.75, 3.05) is 13.6 Å². The Hall–Kier alpha value is -1.86. The van der Waals surface area contributed by atoms with Crippen LogP contribution in [0.25, 0.3) is 0 Å². The second kappa shape index (κ2) is 11.7. The number of sulfonamides is 1. The predicted molar refractivity (Wildman–Crippen MR) is 126 cm³/mol. The molecule has 0 amide bonds. The van der Waals surface area contributed by atoms with Crippen molar-refractivity contribution in [3.05, 3.63) is 65.2 Å². The molecule has 0 saturated carbocycles. The first kappa shape index (κ1) is 27.2. The molecule has 4 N–H and O–H groups in total. The molecule has 172 valence electrons. The first-order valence-electron chi connectivity index (χ1n) is 9.24. The second-order valence-electron chi connectivity index (χ2n) is 6.85. The summed E-state index contributed by atoms with van der Waals surface area (Å²) < 4.78 is 61.2. The number of nitrogens with zero attached hydrogens (tertiary/aromatic N) is 1. The molecule has 0 fully saturated rings. The van der Waals surface area contributed by atoms with Crippen LogP contribution in [0.5, 0.6) is 0 Å². The number of nitrogens with one attached hydrogen (secondary N) is 2. The van der Waals surface area contributed by atoms with E-state index in [0.717, 1.165) is 11.6 Å². The third-order valence-corrected chi connectivity index (χ3v) is 5.52. The lowest BCUT2D eigenvalue weighted by Gasteiger charge is -2.16. The van der Waals surface area contributed by atoms with Crippen LogP contribution >= 0.6 is 24.0 Å². The summed E-state index contributed by atoms with van der Waals surface area (Å²) >= 11 is 0. The monoisotopic (exact) mass is 570 g/mol. The molecule has 0 aromatic heterocycles. The van der Waals surface area contributed by atoms with Crippen molar-refractivity contribution in [3.8, 4) is 0 Å². The van der Waals surface area contributed by atoms with Gasteiger partial charge in [-0.25, -0.2) is 13.6 Å². The largest absolute Gasteiger partial charge is 0.416 e. The number of rotatable bonds is 7. The molecule has 1 unspecified atom stereocenters. The average Bonchev–Trinajstić information content (AvgIpc) is 2.69. The fourth-order valence-electron chi connectivity index (χ4n) is 2.80. The van der Waals surface area contributed by atoms with Crippen molar-refractivity contribution < 1.29 is 21.6 Å². The number of alkyl halides is 3. The van der Waals surface area contributed by atoms with Gasteiger partial charge in [-0.15, -0.1) is 24.0 Å². The normalized spacial score (nSPS) is 13.3. The van der Waals surface area contributed by atoms with Crippen molar-refractivity contribution in [2.24, 2.45) is 10.1 Å². The van der Waals surface area contributed by atoms with E-state index >= 15 is 0 Å². The molecule has 2 aromatic rings. The predicted octanol–water partition coefficient (Wildman–Crippen LogP) is 3.83. The highest BCUT2D eigenvalue weighted by Crippen LogP contribution is 2.31. The van der Waals surface area contributed by atoms with E-state index in [4.69, 9.17) is 5.14 Å². The highest BCUT2D eigenvalue weighted by molar-refractivity contribution is 14.0. The quantitative estimate of drug-likeness (QED) is 0.268. The molecule has 0 aliphatic rings. The van der Waals surface area contributed by atoms with Crippen LogP contribution in [0.1, 0.15) is 36.0 Å². The van der Waals surface area contributed by atoms with Crippen LogP contribution in [0.2, 0.25) is 0 Å². The van der Waals surface area contributed by atoms with Gasteiger partial charge < -0.3 is 10.6 Å². The van der Waals surface area contributed by atoms with Crippen LogP contribution in [0, 0.1) is 0 Å². The molecule has 0 aliphatic carbocycles. The third kappa shape index (κ3) is 8.65. The zero-order valence-electron chi connectivity index (χ0n) is 17.1. The van der Waals surface area contributed by atoms with Crippen LogP contribution in [0.3, 0.4) is 0 Å². The maximum absolute atomic E-state index is 12.9. The van der Waals surface area contributed by atoms with Gasteiger partial charge in [0.15, 0.2) is 5.96 Å². The third-order valence-electron chi connectivity index (χ3n) is 4.59. The van der Waals surface area contributed by atoms with Gasteiger partial charge in [0.2, 0.25) is 10.0 Å². The summed E-state index contributed by atoms with van der Waals surface area (Å²) in [5, 5.41) is 11.3. The minimum absolute atomic E-state index is 0. The molecule has 2 rings (SSSR count). The molecule has 0 heterocycles. The fraction of sp³-hybridized carbons (Fsp3) is 0.350. The number of guanidine groups is 1. The lowest BCUT2D eigenvalue weighted by atomic mass is 9.96. The molecule has 0 saturated heterocycles. The highest BCUT2D eigenvalue weighted by atomic mass is 127. The first-order chi connectivity index (χ1) is 14.0. The van der Waals surface area contributed by atoms with Crippen LogP contribution in [-0.2, 0) is 22.7 Å². The van der Waals surface area contributed by atoms with Crippen LogP contribution in [0.4, 0.5) is 13.2 Å². The SMILES string of the molecule is CN=C(NCCC(C)c1cccc(C(F)(F)F)c1)NCc1ccc(S(N)(=O)=O)cc1.I. The molecule has 11 heteroatoms. The zero-order chi connectivity index (χ0) is 22.4. The van der Waals surface area contributed by atoms with Crippen molar-refractivity contribution in [2.45, 2.75) is 36.9 Å². The number of nitrogens with two attached hydrogens (primary N) is 1. The van der Waals surface area contributed by atoms with Crippen LogP contribution < -0.4 is 15.8 Å². The smallest absolute Gasteiger partial charge is 0.356 e. The van der Waals surface area contributed by atoms with E-state index in [2.05, 4.69) is 15.6 Å². The highest BCUT2D eigenvalue weighted by Gasteiger charge is 2.30. The summed E-state index contributed by atoms with van der Waals surface area (Å²) in [7, 11) is -2.12. The summed E-state index contributed by atoms with van der Waals surface area (Å²) in [5.41, 5.74) is 0.818. The van der Waals surface area contributed by atoms with Gasteiger partial charge in [-0.2, -0.15) is 13.2 Å². The number of hydrogen-bond acceptors (Lipinski definition) is 3. The van der Waals surface area contributed by atoms with Gasteiger partial charge in [0.25, 0.3) is 0 Å². The Bertz CT molecular complexity index is 981. The van der Waals surface area contributed by atoms with Crippen molar-refractivity contribution >= 4 is 40.0 Å². The van der Waals surface area contributed by atoms with E-state index in [9.17, 15) is 21.6 Å². The first-order valence-corrected chi connectivity index (χ1v) is 10.8. The molecule has 0 aliphatic heterocycles. The number of benzene rings is 2. The van der Waals surface area contributed by atoms with E-state index in [-0.39, 0.29) is 34.8 Å². The Morgan fingerprint density at radius 2 is 1.77 bits per heavy atom. The summed E-state index contributed by atoms with van der Waals surface area (Å²) in [5.74, 6) is 0.463. The molecule has 6 nitrogen and oxygen atoms in total. The molecule has 31 heavy (non-hydrogen) atoms.